The third kappa shape index (κ3) is 4.76. The number of nitrogens with zero attached hydrogens (tertiary/aromatic N) is 2. The molecule has 0 atom stereocenters. The molecule has 0 radical (unpaired) electrons. The number of para-hydroxylation sites is 1. The van der Waals surface area contributed by atoms with Crippen LogP contribution >= 0.6 is 23.2 Å². The zero-order chi connectivity index (χ0) is 25.8. The van der Waals surface area contributed by atoms with E-state index >= 15 is 0 Å². The minimum atomic E-state index is -2.08. The van der Waals surface area contributed by atoms with Gasteiger partial charge in [0.05, 0.1) is 11.4 Å². The Bertz CT molecular complexity index is 1540. The van der Waals surface area contributed by atoms with E-state index in [0.29, 0.717) is 0 Å². The maximum atomic E-state index is 5.17. The topological polar surface area (TPSA) is 17.8 Å². The van der Waals surface area contributed by atoms with Crippen LogP contribution in [0.15, 0.2) is 156 Å². The van der Waals surface area contributed by atoms with E-state index in [2.05, 4.69) is 162 Å². The maximum Gasteiger partial charge on any atom is 0.116 e. The van der Waals surface area contributed by atoms with Crippen molar-refractivity contribution in [1.82, 2.24) is 9.78 Å². The van der Waals surface area contributed by atoms with Crippen molar-refractivity contribution in [3.8, 4) is 16.9 Å². The highest BCUT2D eigenvalue weighted by Gasteiger charge is 2.46. The lowest BCUT2D eigenvalue weighted by Crippen LogP contribution is -2.32. The molecule has 6 rings (SSSR count). The monoisotopic (exact) mass is 573 g/mol. The quantitative estimate of drug-likeness (QED) is 0.178. The summed E-state index contributed by atoms with van der Waals surface area (Å²) >= 11 is 3.68. The first kappa shape index (κ1) is 24.6. The summed E-state index contributed by atoms with van der Waals surface area (Å²) in [6, 6.07) is 51.9. The van der Waals surface area contributed by atoms with Crippen molar-refractivity contribution < 1.29 is 0 Å². The van der Waals surface area contributed by atoms with Gasteiger partial charge in [-0.05, 0) is 60.7 Å². The van der Waals surface area contributed by atoms with Crippen LogP contribution in [0.25, 0.3) is 16.9 Å². The van der Waals surface area contributed by atoms with Gasteiger partial charge < -0.3 is 0 Å². The van der Waals surface area contributed by atoms with Crippen LogP contribution in [0.2, 0.25) is 0 Å². The van der Waals surface area contributed by atoms with Crippen LogP contribution in [0, 0.1) is 0 Å². The molecule has 1 heterocycles. The van der Waals surface area contributed by atoms with Crippen molar-refractivity contribution in [2.75, 3.05) is 0 Å². The molecule has 2 nitrogen and oxygen atoms in total. The van der Waals surface area contributed by atoms with Gasteiger partial charge in [-0.3, -0.25) is 0 Å². The average molecular weight is 574 g/mol. The number of rotatable bonds is 7. The second kappa shape index (κ2) is 10.9. The van der Waals surface area contributed by atoms with E-state index < -0.39 is 7.26 Å². The van der Waals surface area contributed by atoms with Crippen molar-refractivity contribution in [3.05, 3.63) is 162 Å². The van der Waals surface area contributed by atoms with Crippen molar-refractivity contribution in [2.45, 2.75) is 6.16 Å². The Kier molecular flexibility index (Phi) is 7.05. The minimum absolute atomic E-state index is 0.861. The summed E-state index contributed by atoms with van der Waals surface area (Å²) in [7, 11) is -2.08. The van der Waals surface area contributed by atoms with Gasteiger partial charge in [0.25, 0.3) is 0 Å². The predicted octanol–water partition coefficient (Wildman–Crippen LogP) is 7.80. The molecular weight excluding hydrogens is 547 g/mol. The van der Waals surface area contributed by atoms with Crippen LogP contribution in [-0.2, 0) is 6.16 Å². The second-order valence-electron chi connectivity index (χ2n) is 9.27. The number of halogens is 1. The van der Waals surface area contributed by atoms with Gasteiger partial charge in [-0.2, -0.15) is 5.10 Å². The molecule has 0 aliphatic heterocycles. The van der Waals surface area contributed by atoms with Crippen LogP contribution in [0.5, 0.6) is 0 Å². The van der Waals surface area contributed by atoms with E-state index in [0.717, 1.165) is 27.6 Å². The fourth-order valence-electron chi connectivity index (χ4n) is 5.14. The highest BCUT2D eigenvalue weighted by Crippen LogP contribution is 2.59. The Morgan fingerprint density at radius 3 is 1.58 bits per heavy atom. The SMILES string of the molecule is Brc1cccc(-c2nn(-c3ccccc3)cc2C[P+](c2ccccc2)(c2ccccc2)c2ccccc2)c1. The molecule has 5 aromatic carbocycles. The molecule has 0 aliphatic carbocycles. The lowest BCUT2D eigenvalue weighted by molar-refractivity contribution is 0.884. The lowest BCUT2D eigenvalue weighted by atomic mass is 10.1. The van der Waals surface area contributed by atoms with Gasteiger partial charge in [0.2, 0.25) is 0 Å². The molecule has 184 valence electrons. The first-order valence-electron chi connectivity index (χ1n) is 12.7. The molecule has 4 heteroatoms. The van der Waals surface area contributed by atoms with Crippen molar-refractivity contribution >= 4 is 39.1 Å². The van der Waals surface area contributed by atoms with Crippen molar-refractivity contribution in [3.63, 3.8) is 0 Å². The molecule has 0 saturated heterocycles. The lowest BCUT2D eigenvalue weighted by Gasteiger charge is -2.27. The van der Waals surface area contributed by atoms with Gasteiger partial charge in [-0.15, -0.1) is 0 Å². The molecule has 0 spiro atoms. The first-order valence-corrected chi connectivity index (χ1v) is 15.5. The Hall–Kier alpha value is -3.78. The molecule has 0 fully saturated rings. The van der Waals surface area contributed by atoms with Crippen LogP contribution < -0.4 is 15.9 Å². The number of benzene rings is 5. The summed E-state index contributed by atoms with van der Waals surface area (Å²) in [5, 5.41) is 9.27. The summed E-state index contributed by atoms with van der Waals surface area (Å²) in [4.78, 5) is 0. The zero-order valence-corrected chi connectivity index (χ0v) is 23.3. The third-order valence-corrected chi connectivity index (χ3v) is 11.8. The normalized spacial score (nSPS) is 11.4. The van der Waals surface area contributed by atoms with E-state index in [9.17, 15) is 0 Å². The molecule has 0 amide bonds. The smallest absolute Gasteiger partial charge is 0.116 e. The number of hydrogen-bond acceptors (Lipinski definition) is 1. The average Bonchev–Trinajstić information content (AvgIpc) is 3.41. The van der Waals surface area contributed by atoms with E-state index in [4.69, 9.17) is 5.10 Å². The summed E-state index contributed by atoms with van der Waals surface area (Å²) in [6.07, 6.45) is 3.09. The molecule has 0 N–H and O–H groups in total. The Balaban J connectivity index is 1.62. The van der Waals surface area contributed by atoms with E-state index in [1.807, 2.05) is 10.7 Å². The Morgan fingerprint density at radius 1 is 0.579 bits per heavy atom. The van der Waals surface area contributed by atoms with Crippen molar-refractivity contribution in [1.29, 1.82) is 0 Å². The van der Waals surface area contributed by atoms with Gasteiger partial charge >= 0.3 is 0 Å². The summed E-state index contributed by atoms with van der Waals surface area (Å²) in [6.45, 7) is 0. The van der Waals surface area contributed by atoms with Gasteiger partial charge in [0.1, 0.15) is 29.3 Å². The highest BCUT2D eigenvalue weighted by molar-refractivity contribution is 9.10. The zero-order valence-electron chi connectivity index (χ0n) is 20.9. The second-order valence-corrected chi connectivity index (χ2v) is 13.7. The summed E-state index contributed by atoms with van der Waals surface area (Å²) in [5.74, 6) is 0. The van der Waals surface area contributed by atoms with Crippen LogP contribution in [-0.4, -0.2) is 9.78 Å². The fraction of sp³-hybridized carbons (Fsp3) is 0.0294. The van der Waals surface area contributed by atoms with E-state index in [1.165, 1.54) is 21.5 Å². The van der Waals surface area contributed by atoms with Crippen LogP contribution in [0.3, 0.4) is 0 Å². The van der Waals surface area contributed by atoms with Gasteiger partial charge in [-0.1, -0.05) is 101 Å². The highest BCUT2D eigenvalue weighted by atomic mass is 79.9. The molecule has 0 saturated carbocycles. The molecule has 0 bridgehead atoms. The predicted molar refractivity (Wildman–Crippen MR) is 166 cm³/mol. The minimum Gasteiger partial charge on any atom is -0.240 e. The van der Waals surface area contributed by atoms with E-state index in [1.54, 1.807) is 0 Å². The van der Waals surface area contributed by atoms with E-state index in [-0.39, 0.29) is 0 Å². The number of hydrogen-bond donors (Lipinski definition) is 0. The first-order chi connectivity index (χ1) is 18.7. The van der Waals surface area contributed by atoms with Gasteiger partial charge in [0.15, 0.2) is 0 Å². The molecule has 0 aliphatic rings. The van der Waals surface area contributed by atoms with Crippen molar-refractivity contribution in [2.24, 2.45) is 0 Å². The summed E-state index contributed by atoms with van der Waals surface area (Å²) < 4.78 is 3.08. The molecular formula is C34H27BrN2P+. The molecule has 1 aromatic heterocycles. The Labute approximate surface area is 233 Å². The number of aromatic nitrogens is 2. The Morgan fingerprint density at radius 2 is 1.08 bits per heavy atom. The maximum absolute atomic E-state index is 5.17. The fourth-order valence-corrected chi connectivity index (χ4v) is 9.77. The van der Waals surface area contributed by atoms with Gasteiger partial charge in [-0.25, -0.2) is 4.68 Å². The van der Waals surface area contributed by atoms with Crippen LogP contribution in [0.4, 0.5) is 0 Å². The van der Waals surface area contributed by atoms with Crippen LogP contribution in [0.1, 0.15) is 5.56 Å². The largest absolute Gasteiger partial charge is 0.240 e. The molecule has 38 heavy (non-hydrogen) atoms. The standard InChI is InChI=1S/C34H27BrN2P/c35-29-15-13-14-27(24-29)34-28(25-37(36-34)30-16-5-1-6-17-30)26-38(31-18-7-2-8-19-31,32-20-9-3-10-21-32)33-22-11-4-12-23-33/h1-25H,26H2/q+1. The summed E-state index contributed by atoms with van der Waals surface area (Å²) in [5.41, 5.74) is 4.41. The molecule has 6 aromatic rings. The molecule has 0 unspecified atom stereocenters. The van der Waals surface area contributed by atoms with Gasteiger partial charge in [0, 0.05) is 21.8 Å². The third-order valence-electron chi connectivity index (χ3n) is 6.91.